The number of piperidine rings is 1. The summed E-state index contributed by atoms with van der Waals surface area (Å²) in [5.41, 5.74) is 0.910. The molecule has 0 amide bonds. The van der Waals surface area contributed by atoms with E-state index in [4.69, 9.17) is 9.51 Å². The van der Waals surface area contributed by atoms with Crippen LogP contribution in [0, 0.1) is 0 Å². The minimum atomic E-state index is 0.239. The van der Waals surface area contributed by atoms with Crippen molar-refractivity contribution in [2.75, 3.05) is 18.0 Å². The Morgan fingerprint density at radius 3 is 2.50 bits per heavy atom. The van der Waals surface area contributed by atoms with Gasteiger partial charge < -0.3 is 14.7 Å². The number of halogens is 1. The van der Waals surface area contributed by atoms with Gasteiger partial charge in [-0.1, -0.05) is 38.3 Å². The molecule has 0 unspecified atom stereocenters. The van der Waals surface area contributed by atoms with Gasteiger partial charge in [-0.2, -0.15) is 4.98 Å². The molecule has 4 rings (SSSR count). The van der Waals surface area contributed by atoms with Gasteiger partial charge in [-0.05, 0) is 47.7 Å². The van der Waals surface area contributed by atoms with Crippen molar-refractivity contribution < 1.29 is 4.52 Å². The van der Waals surface area contributed by atoms with E-state index < -0.39 is 0 Å². The van der Waals surface area contributed by atoms with Crippen molar-refractivity contribution in [2.45, 2.75) is 76.8 Å². The first-order valence-electron chi connectivity index (χ1n) is 10.6. The molecule has 0 atom stereocenters. The minimum Gasteiger partial charge on any atom is -0.356 e. The second kappa shape index (κ2) is 8.91. The highest BCUT2D eigenvalue weighted by atomic mass is 79.9. The first-order chi connectivity index (χ1) is 13.6. The lowest BCUT2D eigenvalue weighted by Gasteiger charge is -2.36. The average Bonchev–Trinajstić information content (AvgIpc) is 3.20. The van der Waals surface area contributed by atoms with Gasteiger partial charge in [0.15, 0.2) is 5.82 Å². The summed E-state index contributed by atoms with van der Waals surface area (Å²) in [5.74, 6) is 2.47. The highest BCUT2D eigenvalue weighted by Gasteiger charge is 2.26. The molecule has 28 heavy (non-hydrogen) atoms. The second-order valence-electron chi connectivity index (χ2n) is 8.40. The van der Waals surface area contributed by atoms with Crippen LogP contribution in [-0.4, -0.2) is 40.3 Å². The van der Waals surface area contributed by atoms with Crippen molar-refractivity contribution in [2.24, 2.45) is 0 Å². The maximum atomic E-state index is 5.56. The van der Waals surface area contributed by atoms with Crippen LogP contribution in [0.1, 0.15) is 70.5 Å². The van der Waals surface area contributed by atoms with Gasteiger partial charge in [0, 0.05) is 41.8 Å². The summed E-state index contributed by atoms with van der Waals surface area (Å²) in [7, 11) is 0. The van der Waals surface area contributed by atoms with Gasteiger partial charge in [0.25, 0.3) is 5.89 Å². The fraction of sp³-hybridized carbons (Fsp3) is 0.667. The molecule has 2 aliphatic rings. The van der Waals surface area contributed by atoms with Gasteiger partial charge in [-0.3, -0.25) is 0 Å². The maximum absolute atomic E-state index is 5.56. The van der Waals surface area contributed by atoms with Crippen LogP contribution < -0.4 is 10.2 Å². The molecule has 1 N–H and O–H groups in total. The lowest BCUT2D eigenvalue weighted by Crippen LogP contribution is -2.47. The normalized spacial score (nSPS) is 19.5. The van der Waals surface area contributed by atoms with Crippen LogP contribution >= 0.6 is 15.9 Å². The van der Waals surface area contributed by atoms with E-state index in [1.54, 1.807) is 0 Å². The standard InChI is InChI=1S/C21H30BrN5O/c1-14(2)19-25-21(28-26-19)18-12-15(22)13-23-20(18)27-10-8-17(9-11-27)24-16-6-4-3-5-7-16/h12-14,16-17,24H,3-11H2,1-2H3. The van der Waals surface area contributed by atoms with Crippen molar-refractivity contribution in [1.82, 2.24) is 20.4 Å². The third-order valence-corrected chi connectivity index (χ3v) is 6.33. The highest BCUT2D eigenvalue weighted by molar-refractivity contribution is 9.10. The third-order valence-electron chi connectivity index (χ3n) is 5.89. The predicted octanol–water partition coefficient (Wildman–Crippen LogP) is 4.91. The van der Waals surface area contributed by atoms with Crippen LogP contribution in [0.3, 0.4) is 0 Å². The summed E-state index contributed by atoms with van der Waals surface area (Å²) in [4.78, 5) is 11.7. The molecule has 1 aliphatic carbocycles. The number of nitrogens with one attached hydrogen (secondary N) is 1. The Balaban J connectivity index is 1.46. The van der Waals surface area contributed by atoms with Crippen LogP contribution in [0.5, 0.6) is 0 Å². The average molecular weight is 448 g/mol. The van der Waals surface area contributed by atoms with E-state index in [-0.39, 0.29) is 5.92 Å². The van der Waals surface area contributed by atoms with Crippen molar-refractivity contribution in [3.05, 3.63) is 22.6 Å². The molecule has 2 aromatic heterocycles. The Labute approximate surface area is 175 Å². The molecule has 1 saturated carbocycles. The summed E-state index contributed by atoms with van der Waals surface area (Å²) in [6.07, 6.45) is 11.0. The van der Waals surface area contributed by atoms with Gasteiger partial charge >= 0.3 is 0 Å². The summed E-state index contributed by atoms with van der Waals surface area (Å²) in [6.45, 7) is 6.13. The van der Waals surface area contributed by atoms with Crippen LogP contribution in [-0.2, 0) is 0 Å². The number of rotatable bonds is 5. The molecule has 2 fully saturated rings. The van der Waals surface area contributed by atoms with E-state index in [1.807, 2.05) is 12.3 Å². The van der Waals surface area contributed by atoms with Crippen molar-refractivity contribution in [1.29, 1.82) is 0 Å². The largest absolute Gasteiger partial charge is 0.356 e. The zero-order chi connectivity index (χ0) is 19.5. The Hall–Kier alpha value is -1.47. The Morgan fingerprint density at radius 2 is 1.82 bits per heavy atom. The minimum absolute atomic E-state index is 0.239. The van der Waals surface area contributed by atoms with Gasteiger partial charge in [0.2, 0.25) is 0 Å². The first kappa shape index (κ1) is 19.8. The third kappa shape index (κ3) is 4.57. The van der Waals surface area contributed by atoms with Gasteiger partial charge in [-0.15, -0.1) is 0 Å². The van der Waals surface area contributed by atoms with Crippen LogP contribution in [0.25, 0.3) is 11.5 Å². The van der Waals surface area contributed by atoms with E-state index in [0.29, 0.717) is 11.9 Å². The van der Waals surface area contributed by atoms with Crippen LogP contribution in [0.4, 0.5) is 5.82 Å². The monoisotopic (exact) mass is 447 g/mol. The van der Waals surface area contributed by atoms with Crippen LogP contribution in [0.2, 0.25) is 0 Å². The molecule has 1 saturated heterocycles. The van der Waals surface area contributed by atoms with E-state index in [1.165, 1.54) is 32.1 Å². The zero-order valence-corrected chi connectivity index (χ0v) is 18.4. The quantitative estimate of drug-likeness (QED) is 0.701. The van der Waals surface area contributed by atoms with Gasteiger partial charge in [0.1, 0.15) is 5.82 Å². The summed E-state index contributed by atoms with van der Waals surface area (Å²) >= 11 is 3.54. The molecule has 3 heterocycles. The zero-order valence-electron chi connectivity index (χ0n) is 16.8. The molecular formula is C21H30BrN5O. The Kier molecular flexibility index (Phi) is 6.31. The Bertz CT molecular complexity index is 779. The van der Waals surface area contributed by atoms with E-state index in [2.05, 4.69) is 50.1 Å². The number of aromatic nitrogens is 3. The molecule has 152 valence electrons. The number of hydrogen-bond donors (Lipinski definition) is 1. The molecule has 0 aromatic carbocycles. The SMILES string of the molecule is CC(C)c1noc(-c2cc(Br)cnc2N2CCC(NC3CCCCC3)CC2)n1. The van der Waals surface area contributed by atoms with Crippen molar-refractivity contribution in [3.63, 3.8) is 0 Å². The van der Waals surface area contributed by atoms with Gasteiger partial charge in [0.05, 0.1) is 5.56 Å². The van der Waals surface area contributed by atoms with Crippen LogP contribution in [0.15, 0.2) is 21.3 Å². The molecule has 0 spiro atoms. The van der Waals surface area contributed by atoms with E-state index in [9.17, 15) is 0 Å². The lowest BCUT2D eigenvalue weighted by atomic mass is 9.93. The molecule has 7 heteroatoms. The maximum Gasteiger partial charge on any atom is 0.261 e. The van der Waals surface area contributed by atoms with E-state index >= 15 is 0 Å². The second-order valence-corrected chi connectivity index (χ2v) is 9.32. The fourth-order valence-electron chi connectivity index (χ4n) is 4.28. The summed E-state index contributed by atoms with van der Waals surface area (Å²) < 4.78 is 6.48. The molecule has 0 bridgehead atoms. The van der Waals surface area contributed by atoms with Gasteiger partial charge in [-0.25, -0.2) is 4.98 Å². The fourth-order valence-corrected chi connectivity index (χ4v) is 4.61. The molecule has 2 aromatic rings. The number of anilines is 1. The highest BCUT2D eigenvalue weighted by Crippen LogP contribution is 2.33. The topological polar surface area (TPSA) is 67.1 Å². The molecule has 0 radical (unpaired) electrons. The summed E-state index contributed by atoms with van der Waals surface area (Å²) in [6, 6.07) is 3.38. The van der Waals surface area contributed by atoms with Crippen molar-refractivity contribution in [3.8, 4) is 11.5 Å². The Morgan fingerprint density at radius 1 is 1.11 bits per heavy atom. The van der Waals surface area contributed by atoms with Crippen molar-refractivity contribution >= 4 is 21.7 Å². The number of nitrogens with zero attached hydrogens (tertiary/aromatic N) is 4. The number of hydrogen-bond acceptors (Lipinski definition) is 6. The molecule has 6 nitrogen and oxygen atoms in total. The lowest BCUT2D eigenvalue weighted by molar-refractivity contribution is 0.307. The van der Waals surface area contributed by atoms with E-state index in [0.717, 1.165) is 53.7 Å². The summed E-state index contributed by atoms with van der Waals surface area (Å²) in [5, 5.41) is 8.03. The number of pyridine rings is 1. The smallest absolute Gasteiger partial charge is 0.261 e. The predicted molar refractivity (Wildman–Crippen MR) is 115 cm³/mol. The molecule has 1 aliphatic heterocycles. The first-order valence-corrected chi connectivity index (χ1v) is 11.4. The molecular weight excluding hydrogens is 418 g/mol.